The van der Waals surface area contributed by atoms with E-state index >= 15 is 0 Å². The van der Waals surface area contributed by atoms with Gasteiger partial charge in [-0.05, 0) is 43.0 Å². The molecule has 0 aliphatic carbocycles. The molecule has 3 heterocycles. The molecule has 0 spiro atoms. The number of aryl methyl sites for hydroxylation is 1. The Morgan fingerprint density at radius 2 is 2.24 bits per heavy atom. The van der Waals surface area contributed by atoms with Crippen molar-refractivity contribution >= 4 is 10.0 Å². The largest absolute Gasteiger partial charge is 0.490 e. The van der Waals surface area contributed by atoms with Crippen molar-refractivity contribution in [2.75, 3.05) is 13.6 Å². The Bertz CT molecular complexity index is 891. The summed E-state index contributed by atoms with van der Waals surface area (Å²) in [5.74, 6) is 2.20. The SMILES string of the molecule is C[C@H]1Cc2cc(S(=O)(=O)N(C)C[C@@H]3CCc4nccn4C3)ccc2O1. The maximum atomic E-state index is 12.9. The van der Waals surface area contributed by atoms with Crippen LogP contribution in [0.4, 0.5) is 0 Å². The van der Waals surface area contributed by atoms with Gasteiger partial charge in [-0.25, -0.2) is 17.7 Å². The second kappa shape index (κ2) is 6.14. The molecule has 2 atom stereocenters. The third-order valence-corrected chi connectivity index (χ3v) is 6.94. The first-order chi connectivity index (χ1) is 11.9. The molecule has 0 unspecified atom stereocenters. The van der Waals surface area contributed by atoms with Crippen molar-refractivity contribution in [3.05, 3.63) is 42.0 Å². The zero-order valence-electron chi connectivity index (χ0n) is 14.6. The van der Waals surface area contributed by atoms with Gasteiger partial charge in [-0.15, -0.1) is 0 Å². The Hall–Kier alpha value is -1.86. The molecule has 0 saturated heterocycles. The fourth-order valence-corrected chi connectivity index (χ4v) is 5.08. The van der Waals surface area contributed by atoms with Crippen LogP contribution in [0.1, 0.15) is 24.7 Å². The van der Waals surface area contributed by atoms with Gasteiger partial charge >= 0.3 is 0 Å². The van der Waals surface area contributed by atoms with Crippen LogP contribution in [0.25, 0.3) is 0 Å². The maximum Gasteiger partial charge on any atom is 0.242 e. The van der Waals surface area contributed by atoms with E-state index in [1.807, 2.05) is 19.3 Å². The van der Waals surface area contributed by atoms with Crippen molar-refractivity contribution < 1.29 is 13.2 Å². The summed E-state index contributed by atoms with van der Waals surface area (Å²) < 4.78 is 35.2. The van der Waals surface area contributed by atoms with Crippen LogP contribution in [0.2, 0.25) is 0 Å². The number of fused-ring (bicyclic) bond motifs is 2. The minimum atomic E-state index is -3.49. The van der Waals surface area contributed by atoms with Crippen LogP contribution in [0.3, 0.4) is 0 Å². The second-order valence-electron chi connectivity index (χ2n) is 7.09. The quantitative estimate of drug-likeness (QED) is 0.836. The lowest BCUT2D eigenvalue weighted by atomic mass is 10.00. The van der Waals surface area contributed by atoms with E-state index in [-0.39, 0.29) is 6.10 Å². The summed E-state index contributed by atoms with van der Waals surface area (Å²) in [5.41, 5.74) is 0.975. The normalized spacial score (nSPS) is 22.5. The Kier molecular flexibility index (Phi) is 4.08. The van der Waals surface area contributed by atoms with Crippen LogP contribution in [0.5, 0.6) is 5.75 Å². The molecule has 1 aromatic carbocycles. The summed E-state index contributed by atoms with van der Waals surface area (Å²) in [5, 5.41) is 0. The monoisotopic (exact) mass is 361 g/mol. The summed E-state index contributed by atoms with van der Waals surface area (Å²) in [6.45, 7) is 3.34. The fourth-order valence-electron chi connectivity index (χ4n) is 3.79. The van der Waals surface area contributed by atoms with Crippen molar-refractivity contribution in [1.82, 2.24) is 13.9 Å². The number of sulfonamides is 1. The van der Waals surface area contributed by atoms with Gasteiger partial charge in [0, 0.05) is 45.4 Å². The molecule has 1 aromatic heterocycles. The maximum absolute atomic E-state index is 12.9. The molecule has 4 rings (SSSR count). The van der Waals surface area contributed by atoms with Crippen molar-refractivity contribution in [2.24, 2.45) is 5.92 Å². The first-order valence-electron chi connectivity index (χ1n) is 8.69. The van der Waals surface area contributed by atoms with Crippen molar-refractivity contribution in [2.45, 2.75) is 43.7 Å². The average molecular weight is 361 g/mol. The molecule has 0 amide bonds. The Morgan fingerprint density at radius 3 is 3.08 bits per heavy atom. The molecule has 134 valence electrons. The van der Waals surface area contributed by atoms with E-state index in [0.29, 0.717) is 17.4 Å². The lowest BCUT2D eigenvalue weighted by Crippen LogP contribution is -2.35. The predicted octanol–water partition coefficient (Wildman–Crippen LogP) is 2.09. The average Bonchev–Trinajstić information content (AvgIpc) is 3.18. The molecular formula is C18H23N3O3S. The lowest BCUT2D eigenvalue weighted by Gasteiger charge is -2.27. The number of imidazole rings is 1. The smallest absolute Gasteiger partial charge is 0.242 e. The third kappa shape index (κ3) is 3.06. The second-order valence-corrected chi connectivity index (χ2v) is 9.13. The number of ether oxygens (including phenoxy) is 1. The van der Waals surface area contributed by atoms with Gasteiger partial charge in [0.1, 0.15) is 17.7 Å². The molecular weight excluding hydrogens is 338 g/mol. The van der Waals surface area contributed by atoms with Gasteiger partial charge in [0.2, 0.25) is 10.0 Å². The molecule has 2 aliphatic rings. The van der Waals surface area contributed by atoms with Crippen LogP contribution in [0, 0.1) is 5.92 Å². The van der Waals surface area contributed by atoms with E-state index in [1.165, 1.54) is 4.31 Å². The lowest BCUT2D eigenvalue weighted by molar-refractivity contribution is 0.254. The van der Waals surface area contributed by atoms with Crippen LogP contribution < -0.4 is 4.74 Å². The minimum Gasteiger partial charge on any atom is -0.490 e. The minimum absolute atomic E-state index is 0.109. The van der Waals surface area contributed by atoms with E-state index in [9.17, 15) is 8.42 Å². The van der Waals surface area contributed by atoms with E-state index in [2.05, 4.69) is 9.55 Å². The Morgan fingerprint density at radius 1 is 1.40 bits per heavy atom. The van der Waals surface area contributed by atoms with Crippen LogP contribution >= 0.6 is 0 Å². The van der Waals surface area contributed by atoms with Gasteiger partial charge in [-0.3, -0.25) is 0 Å². The number of benzene rings is 1. The number of aromatic nitrogens is 2. The van der Waals surface area contributed by atoms with Crippen LogP contribution in [-0.4, -0.2) is 42.0 Å². The summed E-state index contributed by atoms with van der Waals surface area (Å²) >= 11 is 0. The molecule has 0 bridgehead atoms. The molecule has 6 nitrogen and oxygen atoms in total. The fraction of sp³-hybridized carbons (Fsp3) is 0.500. The van der Waals surface area contributed by atoms with Gasteiger partial charge in [-0.1, -0.05) is 0 Å². The number of hydrogen-bond donors (Lipinski definition) is 0. The Labute approximate surface area is 148 Å². The molecule has 25 heavy (non-hydrogen) atoms. The topological polar surface area (TPSA) is 64.4 Å². The summed E-state index contributed by atoms with van der Waals surface area (Å²) in [4.78, 5) is 4.68. The first-order valence-corrected chi connectivity index (χ1v) is 10.1. The molecule has 0 fully saturated rings. The van der Waals surface area contributed by atoms with Gasteiger partial charge in [-0.2, -0.15) is 0 Å². The summed E-state index contributed by atoms with van der Waals surface area (Å²) in [6, 6.07) is 5.19. The van der Waals surface area contributed by atoms with Crippen molar-refractivity contribution in [3.63, 3.8) is 0 Å². The highest BCUT2D eigenvalue weighted by molar-refractivity contribution is 7.89. The highest BCUT2D eigenvalue weighted by Gasteiger charge is 2.28. The number of rotatable bonds is 4. The van der Waals surface area contributed by atoms with E-state index in [0.717, 1.165) is 42.9 Å². The highest BCUT2D eigenvalue weighted by atomic mass is 32.2. The zero-order valence-corrected chi connectivity index (χ0v) is 15.4. The predicted molar refractivity (Wildman–Crippen MR) is 94.1 cm³/mol. The molecule has 7 heteroatoms. The van der Waals surface area contributed by atoms with Crippen molar-refractivity contribution in [3.8, 4) is 5.75 Å². The summed E-state index contributed by atoms with van der Waals surface area (Å²) in [7, 11) is -1.82. The number of nitrogens with zero attached hydrogens (tertiary/aromatic N) is 3. The molecule has 0 saturated carbocycles. The highest BCUT2D eigenvalue weighted by Crippen LogP contribution is 2.31. The van der Waals surface area contributed by atoms with Crippen LogP contribution in [0.15, 0.2) is 35.5 Å². The standard InChI is InChI=1S/C18H23N3O3S/c1-13-9-15-10-16(4-5-17(15)24-13)25(22,23)20(2)11-14-3-6-18-19-7-8-21(18)12-14/h4-5,7-8,10,13-14H,3,6,9,11-12H2,1-2H3/t13-,14-/m0/s1. The zero-order chi connectivity index (χ0) is 17.6. The molecule has 0 radical (unpaired) electrons. The van der Waals surface area contributed by atoms with Gasteiger partial charge in [0.05, 0.1) is 4.90 Å². The van der Waals surface area contributed by atoms with E-state index < -0.39 is 10.0 Å². The van der Waals surface area contributed by atoms with Gasteiger partial charge in [0.25, 0.3) is 0 Å². The third-order valence-electron chi connectivity index (χ3n) is 5.12. The summed E-state index contributed by atoms with van der Waals surface area (Å²) in [6.07, 6.45) is 6.52. The molecule has 2 aliphatic heterocycles. The molecule has 2 aromatic rings. The van der Waals surface area contributed by atoms with E-state index in [1.54, 1.807) is 25.2 Å². The van der Waals surface area contributed by atoms with Gasteiger partial charge < -0.3 is 9.30 Å². The van der Waals surface area contributed by atoms with Crippen molar-refractivity contribution in [1.29, 1.82) is 0 Å². The van der Waals surface area contributed by atoms with Gasteiger partial charge in [0.15, 0.2) is 0 Å². The molecule has 0 N–H and O–H groups in total. The Balaban J connectivity index is 1.50. The van der Waals surface area contributed by atoms with Crippen LogP contribution in [-0.2, 0) is 29.4 Å². The number of hydrogen-bond acceptors (Lipinski definition) is 4. The van der Waals surface area contributed by atoms with E-state index in [4.69, 9.17) is 4.74 Å². The first kappa shape index (κ1) is 16.6.